The normalized spacial score (nSPS) is 17.5. The van der Waals surface area contributed by atoms with E-state index >= 15 is 0 Å². The molecule has 4 heteroatoms. The Morgan fingerprint density at radius 1 is 1.12 bits per heavy atom. The summed E-state index contributed by atoms with van der Waals surface area (Å²) in [6, 6.07) is 8.31. The molecule has 0 saturated heterocycles. The van der Waals surface area contributed by atoms with E-state index < -0.39 is 9.05 Å². The largest absolute Gasteiger partial charge is 0.232 e. The maximum atomic E-state index is 10.8. The number of aryl methyl sites for hydroxylation is 1. The van der Waals surface area contributed by atoms with Gasteiger partial charge in [-0.25, -0.2) is 8.42 Å². The Bertz CT molecular complexity index is 459. The van der Waals surface area contributed by atoms with Crippen LogP contribution in [-0.2, 0) is 15.5 Å². The smallest absolute Gasteiger partial charge is 0.212 e. The summed E-state index contributed by atoms with van der Waals surface area (Å²) in [5.74, 6) is 0.720. The topological polar surface area (TPSA) is 34.1 Å². The second-order valence-electron chi connectivity index (χ2n) is 4.72. The van der Waals surface area contributed by atoms with Crippen LogP contribution in [0.15, 0.2) is 24.3 Å². The molecule has 0 atom stereocenters. The van der Waals surface area contributed by atoms with Crippen LogP contribution in [-0.4, -0.2) is 14.2 Å². The minimum Gasteiger partial charge on any atom is -0.212 e. The fourth-order valence-electron chi connectivity index (χ4n) is 2.46. The van der Waals surface area contributed by atoms with Crippen molar-refractivity contribution in [2.24, 2.45) is 0 Å². The van der Waals surface area contributed by atoms with Gasteiger partial charge in [-0.15, -0.1) is 0 Å². The lowest BCUT2D eigenvalue weighted by atomic mass is 9.96. The first-order chi connectivity index (χ1) is 8.04. The Kier molecular flexibility index (Phi) is 4.10. The van der Waals surface area contributed by atoms with Crippen LogP contribution in [0.5, 0.6) is 0 Å². The van der Waals surface area contributed by atoms with Crippen LogP contribution >= 0.6 is 10.7 Å². The zero-order chi connectivity index (χ0) is 12.3. The van der Waals surface area contributed by atoms with Crippen molar-refractivity contribution in [2.45, 2.75) is 38.0 Å². The molecule has 1 saturated carbocycles. The second kappa shape index (κ2) is 5.40. The monoisotopic (exact) mass is 272 g/mol. The van der Waals surface area contributed by atoms with Crippen molar-refractivity contribution in [2.75, 3.05) is 5.75 Å². The van der Waals surface area contributed by atoms with E-state index in [4.69, 9.17) is 10.7 Å². The van der Waals surface area contributed by atoms with Gasteiger partial charge >= 0.3 is 0 Å². The molecule has 0 radical (unpaired) electrons. The first-order valence-corrected chi connectivity index (χ1v) is 8.53. The van der Waals surface area contributed by atoms with E-state index in [1.165, 1.54) is 31.2 Å². The molecule has 1 aliphatic carbocycles. The molecule has 17 heavy (non-hydrogen) atoms. The van der Waals surface area contributed by atoms with Crippen molar-refractivity contribution in [3.8, 4) is 0 Å². The number of halogens is 1. The van der Waals surface area contributed by atoms with E-state index in [0.717, 1.165) is 5.56 Å². The molecule has 0 unspecified atom stereocenters. The Balaban J connectivity index is 1.97. The van der Waals surface area contributed by atoms with E-state index in [1.807, 2.05) is 12.1 Å². The average Bonchev–Trinajstić information content (AvgIpc) is 2.79. The van der Waals surface area contributed by atoms with Crippen LogP contribution in [0.1, 0.15) is 42.7 Å². The van der Waals surface area contributed by atoms with Gasteiger partial charge in [-0.05, 0) is 36.3 Å². The van der Waals surface area contributed by atoms with Gasteiger partial charge in [0.05, 0.1) is 5.75 Å². The maximum Gasteiger partial charge on any atom is 0.232 e. The standard InChI is InChI=1S/C13H17ClO2S/c14-17(15,16)10-9-11-5-7-13(8-6-11)12-3-1-2-4-12/h5-8,12H,1-4,9-10H2. The molecule has 0 spiro atoms. The van der Waals surface area contributed by atoms with Gasteiger partial charge in [0, 0.05) is 10.7 Å². The molecule has 0 heterocycles. The van der Waals surface area contributed by atoms with Gasteiger partial charge in [-0.2, -0.15) is 0 Å². The third kappa shape index (κ3) is 4.00. The lowest BCUT2D eigenvalue weighted by Crippen LogP contribution is -2.01. The molecule has 1 aliphatic rings. The Labute approximate surface area is 107 Å². The van der Waals surface area contributed by atoms with Crippen LogP contribution in [0.4, 0.5) is 0 Å². The van der Waals surface area contributed by atoms with Crippen molar-refractivity contribution in [3.63, 3.8) is 0 Å². The van der Waals surface area contributed by atoms with Crippen molar-refractivity contribution in [1.29, 1.82) is 0 Å². The SMILES string of the molecule is O=S(=O)(Cl)CCc1ccc(C2CCCC2)cc1. The Morgan fingerprint density at radius 2 is 1.71 bits per heavy atom. The van der Waals surface area contributed by atoms with Crippen molar-refractivity contribution in [1.82, 2.24) is 0 Å². The Hall–Kier alpha value is -0.540. The van der Waals surface area contributed by atoms with Gasteiger partial charge < -0.3 is 0 Å². The van der Waals surface area contributed by atoms with E-state index in [0.29, 0.717) is 12.3 Å². The van der Waals surface area contributed by atoms with Crippen LogP contribution in [0.2, 0.25) is 0 Å². The zero-order valence-corrected chi connectivity index (χ0v) is 11.3. The molecule has 94 valence electrons. The number of hydrogen-bond acceptors (Lipinski definition) is 2. The molecule has 0 aliphatic heterocycles. The quantitative estimate of drug-likeness (QED) is 0.787. The third-order valence-corrected chi connectivity index (χ3v) is 4.60. The third-order valence-electron chi connectivity index (χ3n) is 3.44. The first kappa shape index (κ1) is 12.9. The molecule has 0 bridgehead atoms. The second-order valence-corrected chi connectivity index (χ2v) is 7.61. The lowest BCUT2D eigenvalue weighted by molar-refractivity contribution is 0.609. The van der Waals surface area contributed by atoms with Crippen molar-refractivity contribution in [3.05, 3.63) is 35.4 Å². The summed E-state index contributed by atoms with van der Waals surface area (Å²) in [4.78, 5) is 0. The summed E-state index contributed by atoms with van der Waals surface area (Å²) >= 11 is 0. The van der Waals surface area contributed by atoms with Crippen molar-refractivity contribution < 1.29 is 8.42 Å². The molecule has 0 N–H and O–H groups in total. The Morgan fingerprint density at radius 3 is 2.24 bits per heavy atom. The summed E-state index contributed by atoms with van der Waals surface area (Å²) in [6.07, 6.45) is 5.73. The molecular weight excluding hydrogens is 256 g/mol. The van der Waals surface area contributed by atoms with Crippen LogP contribution < -0.4 is 0 Å². The molecule has 1 aromatic rings. The molecule has 2 rings (SSSR count). The molecule has 0 aromatic heterocycles. The summed E-state index contributed by atoms with van der Waals surface area (Å²) in [5, 5.41) is 0. The highest BCUT2D eigenvalue weighted by Gasteiger charge is 2.16. The van der Waals surface area contributed by atoms with Gasteiger partial charge in [0.15, 0.2) is 0 Å². The van der Waals surface area contributed by atoms with Gasteiger partial charge in [0.25, 0.3) is 0 Å². The highest BCUT2D eigenvalue weighted by Crippen LogP contribution is 2.33. The van der Waals surface area contributed by atoms with E-state index in [1.54, 1.807) is 0 Å². The average molecular weight is 273 g/mol. The molecule has 0 amide bonds. The maximum absolute atomic E-state index is 10.8. The van der Waals surface area contributed by atoms with Gasteiger partial charge in [-0.1, -0.05) is 37.1 Å². The molecule has 1 aromatic carbocycles. The number of rotatable bonds is 4. The predicted octanol–water partition coefficient (Wildman–Crippen LogP) is 3.46. The fraction of sp³-hybridized carbons (Fsp3) is 0.538. The minimum atomic E-state index is -3.38. The fourth-order valence-corrected chi connectivity index (χ4v) is 3.17. The van der Waals surface area contributed by atoms with Gasteiger partial charge in [-0.3, -0.25) is 0 Å². The number of hydrogen-bond donors (Lipinski definition) is 0. The van der Waals surface area contributed by atoms with E-state index in [-0.39, 0.29) is 5.75 Å². The lowest BCUT2D eigenvalue weighted by Gasteiger charge is -2.09. The van der Waals surface area contributed by atoms with Gasteiger partial charge in [0.1, 0.15) is 0 Å². The van der Waals surface area contributed by atoms with Gasteiger partial charge in [0.2, 0.25) is 9.05 Å². The highest BCUT2D eigenvalue weighted by atomic mass is 35.7. The van der Waals surface area contributed by atoms with Crippen molar-refractivity contribution >= 4 is 19.7 Å². The first-order valence-electron chi connectivity index (χ1n) is 6.06. The zero-order valence-electron chi connectivity index (χ0n) is 9.73. The summed E-state index contributed by atoms with van der Waals surface area (Å²) in [5.41, 5.74) is 2.43. The molecule has 2 nitrogen and oxygen atoms in total. The summed E-state index contributed by atoms with van der Waals surface area (Å²) in [6.45, 7) is 0. The minimum absolute atomic E-state index is 0.0112. The predicted molar refractivity (Wildman–Crippen MR) is 71.0 cm³/mol. The van der Waals surface area contributed by atoms with Crippen LogP contribution in [0, 0.1) is 0 Å². The number of benzene rings is 1. The van der Waals surface area contributed by atoms with E-state index in [9.17, 15) is 8.42 Å². The summed E-state index contributed by atoms with van der Waals surface area (Å²) < 4.78 is 21.7. The highest BCUT2D eigenvalue weighted by molar-refractivity contribution is 8.13. The van der Waals surface area contributed by atoms with Crippen LogP contribution in [0.3, 0.4) is 0 Å². The molecule has 1 fully saturated rings. The molecular formula is C13H17ClO2S. The summed E-state index contributed by atoms with van der Waals surface area (Å²) in [7, 11) is 1.81. The van der Waals surface area contributed by atoms with Crippen LogP contribution in [0.25, 0.3) is 0 Å². The van der Waals surface area contributed by atoms with E-state index in [2.05, 4.69) is 12.1 Å².